The molecule has 0 aromatic heterocycles. The molecule has 2 aromatic carbocycles. The molecule has 86 valence electrons. The molecule has 0 saturated heterocycles. The zero-order valence-electron chi connectivity index (χ0n) is 9.77. The van der Waals surface area contributed by atoms with Gasteiger partial charge < -0.3 is 10.6 Å². The molecular formula is C14H15N3. The fraction of sp³-hybridized carbons (Fsp3) is 0.214. The van der Waals surface area contributed by atoms with Gasteiger partial charge in [0, 0.05) is 16.8 Å². The Morgan fingerprint density at radius 1 is 1.12 bits per heavy atom. The second-order valence-corrected chi connectivity index (χ2v) is 4.40. The summed E-state index contributed by atoms with van der Waals surface area (Å²) in [6.07, 6.45) is 0.105. The highest BCUT2D eigenvalue weighted by molar-refractivity contribution is 6.04. The molecule has 1 aliphatic heterocycles. The quantitative estimate of drug-likeness (QED) is 0.770. The van der Waals surface area contributed by atoms with E-state index in [9.17, 15) is 0 Å². The summed E-state index contributed by atoms with van der Waals surface area (Å²) in [6.45, 7) is 5.66. The summed E-state index contributed by atoms with van der Waals surface area (Å²) in [6, 6.07) is 12.7. The van der Waals surface area contributed by atoms with Crippen LogP contribution in [0.5, 0.6) is 0 Å². The Bertz CT molecular complexity index is 536. The summed E-state index contributed by atoms with van der Waals surface area (Å²) < 4.78 is 0. The predicted octanol–water partition coefficient (Wildman–Crippen LogP) is 3.09. The molecule has 3 nitrogen and oxygen atoms in total. The van der Waals surface area contributed by atoms with Crippen LogP contribution in [0.1, 0.15) is 6.92 Å². The van der Waals surface area contributed by atoms with Crippen molar-refractivity contribution in [2.45, 2.75) is 19.1 Å². The molecule has 1 heterocycles. The lowest BCUT2D eigenvalue weighted by molar-refractivity contribution is 0.654. The van der Waals surface area contributed by atoms with Crippen LogP contribution in [0.15, 0.2) is 41.4 Å². The maximum atomic E-state index is 4.07. The number of nitrogens with zero attached hydrogens (tertiary/aromatic N) is 1. The van der Waals surface area contributed by atoms with Crippen molar-refractivity contribution in [1.82, 2.24) is 0 Å². The minimum Gasteiger partial charge on any atom is -0.363 e. The Labute approximate surface area is 101 Å². The fourth-order valence-electron chi connectivity index (χ4n) is 2.30. The van der Waals surface area contributed by atoms with E-state index in [0.717, 1.165) is 11.4 Å². The van der Waals surface area contributed by atoms with E-state index >= 15 is 0 Å². The number of hydrogen-bond donors (Lipinski definition) is 2. The number of rotatable bonds is 2. The summed E-state index contributed by atoms with van der Waals surface area (Å²) in [5.41, 5.74) is 2.33. The van der Waals surface area contributed by atoms with Crippen molar-refractivity contribution in [3.8, 4) is 0 Å². The first-order valence-electron chi connectivity index (χ1n) is 5.80. The number of anilines is 2. The van der Waals surface area contributed by atoms with Crippen molar-refractivity contribution in [3.05, 3.63) is 36.4 Å². The van der Waals surface area contributed by atoms with E-state index in [1.165, 1.54) is 10.8 Å². The van der Waals surface area contributed by atoms with E-state index in [4.69, 9.17) is 0 Å². The lowest BCUT2D eigenvalue weighted by Gasteiger charge is -2.31. The van der Waals surface area contributed by atoms with Crippen LogP contribution in [0, 0.1) is 0 Å². The van der Waals surface area contributed by atoms with Gasteiger partial charge in [-0.3, -0.25) is 4.99 Å². The molecule has 0 amide bonds. The summed E-state index contributed by atoms with van der Waals surface area (Å²) >= 11 is 0. The molecule has 2 N–H and O–H groups in total. The van der Waals surface area contributed by atoms with Gasteiger partial charge in [-0.25, -0.2) is 0 Å². The Kier molecular flexibility index (Phi) is 2.25. The van der Waals surface area contributed by atoms with Crippen molar-refractivity contribution >= 4 is 28.9 Å². The summed E-state index contributed by atoms with van der Waals surface area (Å²) in [5.74, 6) is 0. The topological polar surface area (TPSA) is 36.4 Å². The van der Waals surface area contributed by atoms with Crippen LogP contribution in [0.25, 0.3) is 10.8 Å². The second-order valence-electron chi connectivity index (χ2n) is 4.40. The average Bonchev–Trinajstić information content (AvgIpc) is 2.38. The van der Waals surface area contributed by atoms with Gasteiger partial charge in [-0.05, 0) is 31.2 Å². The summed E-state index contributed by atoms with van der Waals surface area (Å²) in [5, 5.41) is 9.43. The largest absolute Gasteiger partial charge is 0.363 e. The van der Waals surface area contributed by atoms with Crippen molar-refractivity contribution in [3.63, 3.8) is 0 Å². The molecule has 1 aliphatic rings. The monoisotopic (exact) mass is 225 g/mol. The lowest BCUT2D eigenvalue weighted by Crippen LogP contribution is -2.39. The van der Waals surface area contributed by atoms with Crippen LogP contribution < -0.4 is 10.6 Å². The molecule has 0 saturated carbocycles. The van der Waals surface area contributed by atoms with E-state index in [0.29, 0.717) is 0 Å². The molecule has 0 aliphatic carbocycles. The summed E-state index contributed by atoms with van der Waals surface area (Å²) in [4.78, 5) is 4.07. The van der Waals surface area contributed by atoms with Gasteiger partial charge in [-0.1, -0.05) is 24.3 Å². The predicted molar refractivity (Wildman–Crippen MR) is 74.0 cm³/mol. The zero-order valence-corrected chi connectivity index (χ0v) is 9.77. The van der Waals surface area contributed by atoms with Gasteiger partial charge in [-0.2, -0.15) is 0 Å². The Morgan fingerprint density at radius 3 is 2.24 bits per heavy atom. The third kappa shape index (κ3) is 1.55. The lowest BCUT2D eigenvalue weighted by atomic mass is 10.0. The highest BCUT2D eigenvalue weighted by Crippen LogP contribution is 2.35. The van der Waals surface area contributed by atoms with Crippen LogP contribution in [-0.4, -0.2) is 18.9 Å². The SMILES string of the molecule is C=NC(C)C1Nc2cccc3cccc(c23)N1. The van der Waals surface area contributed by atoms with Crippen LogP contribution >= 0.6 is 0 Å². The number of aliphatic imine (C=N–C) groups is 1. The first-order valence-corrected chi connectivity index (χ1v) is 5.80. The van der Waals surface area contributed by atoms with E-state index in [-0.39, 0.29) is 12.2 Å². The van der Waals surface area contributed by atoms with Gasteiger partial charge in [0.2, 0.25) is 0 Å². The van der Waals surface area contributed by atoms with Crippen LogP contribution in [-0.2, 0) is 0 Å². The Balaban J connectivity index is 2.13. The van der Waals surface area contributed by atoms with Crippen LogP contribution in [0.2, 0.25) is 0 Å². The second kappa shape index (κ2) is 3.77. The van der Waals surface area contributed by atoms with Crippen molar-refractivity contribution in [2.24, 2.45) is 4.99 Å². The molecule has 0 bridgehead atoms. The van der Waals surface area contributed by atoms with Gasteiger partial charge in [0.1, 0.15) is 6.17 Å². The minimum atomic E-state index is 0.105. The molecule has 3 heteroatoms. The number of nitrogens with one attached hydrogen (secondary N) is 2. The molecule has 0 fully saturated rings. The zero-order chi connectivity index (χ0) is 11.8. The minimum absolute atomic E-state index is 0.105. The molecular weight excluding hydrogens is 210 g/mol. The average molecular weight is 225 g/mol. The number of hydrogen-bond acceptors (Lipinski definition) is 3. The molecule has 0 radical (unpaired) electrons. The van der Waals surface area contributed by atoms with E-state index < -0.39 is 0 Å². The van der Waals surface area contributed by atoms with E-state index in [1.807, 2.05) is 6.92 Å². The highest BCUT2D eigenvalue weighted by Gasteiger charge is 2.22. The van der Waals surface area contributed by atoms with E-state index in [1.54, 1.807) is 0 Å². The van der Waals surface area contributed by atoms with Crippen molar-refractivity contribution in [1.29, 1.82) is 0 Å². The first kappa shape index (κ1) is 10.1. The van der Waals surface area contributed by atoms with Gasteiger partial charge >= 0.3 is 0 Å². The molecule has 3 rings (SSSR count). The van der Waals surface area contributed by atoms with E-state index in [2.05, 4.69) is 58.7 Å². The van der Waals surface area contributed by atoms with Crippen LogP contribution in [0.3, 0.4) is 0 Å². The normalized spacial score (nSPS) is 16.1. The number of benzene rings is 2. The smallest absolute Gasteiger partial charge is 0.119 e. The molecule has 0 spiro atoms. The Hall–Kier alpha value is -2.03. The van der Waals surface area contributed by atoms with Gasteiger partial charge in [0.25, 0.3) is 0 Å². The molecule has 2 aromatic rings. The molecule has 17 heavy (non-hydrogen) atoms. The maximum absolute atomic E-state index is 4.07. The van der Waals surface area contributed by atoms with Crippen molar-refractivity contribution < 1.29 is 0 Å². The standard InChI is InChI=1S/C14H15N3/c1-9(15-2)14-16-11-7-3-5-10-6-4-8-12(17-14)13(10)11/h3-9,14,16-17H,2H2,1H3. The molecule has 1 unspecified atom stereocenters. The summed E-state index contributed by atoms with van der Waals surface area (Å²) in [7, 11) is 0. The van der Waals surface area contributed by atoms with Crippen LogP contribution in [0.4, 0.5) is 11.4 Å². The van der Waals surface area contributed by atoms with Gasteiger partial charge in [-0.15, -0.1) is 0 Å². The van der Waals surface area contributed by atoms with Gasteiger partial charge in [0.15, 0.2) is 0 Å². The van der Waals surface area contributed by atoms with Gasteiger partial charge in [0.05, 0.1) is 6.04 Å². The Morgan fingerprint density at radius 2 is 1.71 bits per heavy atom. The molecule has 1 atom stereocenters. The maximum Gasteiger partial charge on any atom is 0.119 e. The third-order valence-electron chi connectivity index (χ3n) is 3.30. The fourth-order valence-corrected chi connectivity index (χ4v) is 2.30. The van der Waals surface area contributed by atoms with Crippen molar-refractivity contribution in [2.75, 3.05) is 10.6 Å². The first-order chi connectivity index (χ1) is 8.29. The highest BCUT2D eigenvalue weighted by atomic mass is 15.2. The third-order valence-corrected chi connectivity index (χ3v) is 3.30.